The fraction of sp³-hybridized carbons (Fsp3) is 0.0833. The Balaban J connectivity index is 3.11. The predicted molar refractivity (Wildman–Crippen MR) is 58.6 cm³/mol. The Bertz CT molecular complexity index is 580. The van der Waals surface area contributed by atoms with Crippen molar-refractivity contribution in [3.05, 3.63) is 40.8 Å². The number of benzene rings is 1. The normalized spacial score (nSPS) is 8.41. The highest BCUT2D eigenvalue weighted by Gasteiger charge is 2.06. The number of nitrogens with one attached hydrogen (secondary N) is 1. The minimum absolute atomic E-state index is 0.152. The standard InChI is InChI=1S/C12H7FN4/c1-8-4-10(2-3-11(8)13)17-12(7-16)9(5-14)6-15/h2-4,17H,1H3. The molecule has 0 unspecified atom stereocenters. The van der Waals surface area contributed by atoms with Crippen LogP contribution in [0.15, 0.2) is 29.5 Å². The molecule has 0 atom stereocenters. The van der Waals surface area contributed by atoms with Crippen LogP contribution < -0.4 is 5.32 Å². The number of aryl methyl sites for hydroxylation is 1. The molecule has 5 heteroatoms. The summed E-state index contributed by atoms with van der Waals surface area (Å²) in [5.74, 6) is -0.362. The van der Waals surface area contributed by atoms with Gasteiger partial charge in [-0.2, -0.15) is 15.8 Å². The lowest BCUT2D eigenvalue weighted by Gasteiger charge is -2.05. The maximum absolute atomic E-state index is 13.0. The van der Waals surface area contributed by atoms with Crippen molar-refractivity contribution in [2.45, 2.75) is 6.92 Å². The molecule has 0 spiro atoms. The van der Waals surface area contributed by atoms with E-state index in [1.807, 2.05) is 0 Å². The largest absolute Gasteiger partial charge is 0.345 e. The van der Waals surface area contributed by atoms with Crippen LogP contribution in [0.25, 0.3) is 0 Å². The molecular formula is C12H7FN4. The fourth-order valence-corrected chi connectivity index (χ4v) is 1.15. The number of hydrogen-bond acceptors (Lipinski definition) is 4. The van der Waals surface area contributed by atoms with E-state index in [9.17, 15) is 4.39 Å². The van der Waals surface area contributed by atoms with Crippen LogP contribution in [0.1, 0.15) is 5.56 Å². The Labute approximate surface area is 97.8 Å². The number of rotatable bonds is 2. The first kappa shape index (κ1) is 12.2. The first-order chi connectivity index (χ1) is 8.12. The first-order valence-electron chi connectivity index (χ1n) is 4.60. The quantitative estimate of drug-likeness (QED) is 0.784. The molecule has 1 aromatic rings. The zero-order valence-electron chi connectivity index (χ0n) is 8.95. The lowest BCUT2D eigenvalue weighted by atomic mass is 10.2. The van der Waals surface area contributed by atoms with Gasteiger partial charge >= 0.3 is 0 Å². The van der Waals surface area contributed by atoms with Crippen molar-refractivity contribution < 1.29 is 4.39 Å². The molecule has 0 saturated heterocycles. The van der Waals surface area contributed by atoms with Crippen LogP contribution in [0.4, 0.5) is 10.1 Å². The van der Waals surface area contributed by atoms with Gasteiger partial charge in [-0.15, -0.1) is 0 Å². The molecule has 0 aliphatic heterocycles. The van der Waals surface area contributed by atoms with Crippen LogP contribution in [0.3, 0.4) is 0 Å². The number of halogens is 1. The Morgan fingerprint density at radius 1 is 1.18 bits per heavy atom. The average Bonchev–Trinajstić information content (AvgIpc) is 2.33. The van der Waals surface area contributed by atoms with E-state index in [0.29, 0.717) is 11.3 Å². The summed E-state index contributed by atoms with van der Waals surface area (Å²) < 4.78 is 13.0. The molecule has 0 heterocycles. The summed E-state index contributed by atoms with van der Waals surface area (Å²) in [7, 11) is 0. The van der Waals surface area contributed by atoms with Crippen molar-refractivity contribution in [2.24, 2.45) is 0 Å². The highest BCUT2D eigenvalue weighted by atomic mass is 19.1. The Morgan fingerprint density at radius 3 is 2.29 bits per heavy atom. The van der Waals surface area contributed by atoms with E-state index >= 15 is 0 Å². The van der Waals surface area contributed by atoms with E-state index in [1.165, 1.54) is 18.2 Å². The van der Waals surface area contributed by atoms with Gasteiger partial charge in [0.25, 0.3) is 0 Å². The van der Waals surface area contributed by atoms with Crippen LogP contribution >= 0.6 is 0 Å². The monoisotopic (exact) mass is 226 g/mol. The highest BCUT2D eigenvalue weighted by Crippen LogP contribution is 2.16. The second-order valence-corrected chi connectivity index (χ2v) is 3.17. The third kappa shape index (κ3) is 2.81. The second kappa shape index (κ2) is 5.30. The van der Waals surface area contributed by atoms with Gasteiger partial charge in [-0.25, -0.2) is 4.39 Å². The van der Waals surface area contributed by atoms with Gasteiger partial charge in [-0.05, 0) is 30.7 Å². The van der Waals surface area contributed by atoms with E-state index in [2.05, 4.69) is 5.32 Å². The van der Waals surface area contributed by atoms with Gasteiger partial charge in [-0.3, -0.25) is 0 Å². The van der Waals surface area contributed by atoms with Crippen LogP contribution in [-0.4, -0.2) is 0 Å². The summed E-state index contributed by atoms with van der Waals surface area (Å²) >= 11 is 0. The van der Waals surface area contributed by atoms with Crippen molar-refractivity contribution in [3.63, 3.8) is 0 Å². The molecule has 0 fully saturated rings. The van der Waals surface area contributed by atoms with Gasteiger partial charge in [0.05, 0.1) is 0 Å². The minimum Gasteiger partial charge on any atom is -0.345 e. The minimum atomic E-state index is -0.362. The maximum atomic E-state index is 13.0. The van der Waals surface area contributed by atoms with Crippen molar-refractivity contribution in [1.82, 2.24) is 0 Å². The van der Waals surface area contributed by atoms with Crippen molar-refractivity contribution >= 4 is 5.69 Å². The van der Waals surface area contributed by atoms with Crippen LogP contribution in [0.2, 0.25) is 0 Å². The SMILES string of the molecule is Cc1cc(NC(C#N)=C(C#N)C#N)ccc1F. The number of allylic oxidation sites excluding steroid dienone is 2. The molecule has 0 bridgehead atoms. The molecule has 1 N–H and O–H groups in total. The Morgan fingerprint density at radius 2 is 1.82 bits per heavy atom. The van der Waals surface area contributed by atoms with Crippen LogP contribution in [0.5, 0.6) is 0 Å². The van der Waals surface area contributed by atoms with Gasteiger partial charge in [-0.1, -0.05) is 0 Å². The van der Waals surface area contributed by atoms with E-state index in [0.717, 1.165) is 0 Å². The molecule has 0 aliphatic carbocycles. The van der Waals surface area contributed by atoms with Gasteiger partial charge in [0.2, 0.25) is 0 Å². The molecular weight excluding hydrogens is 219 g/mol. The molecule has 0 amide bonds. The first-order valence-corrected chi connectivity index (χ1v) is 4.60. The molecule has 17 heavy (non-hydrogen) atoms. The summed E-state index contributed by atoms with van der Waals surface area (Å²) in [6.45, 7) is 1.58. The molecule has 0 radical (unpaired) electrons. The lowest BCUT2D eigenvalue weighted by molar-refractivity contribution is 0.619. The van der Waals surface area contributed by atoms with E-state index in [-0.39, 0.29) is 17.1 Å². The van der Waals surface area contributed by atoms with E-state index < -0.39 is 0 Å². The van der Waals surface area contributed by atoms with E-state index in [4.69, 9.17) is 15.8 Å². The molecule has 0 aliphatic rings. The average molecular weight is 226 g/mol. The summed E-state index contributed by atoms with van der Waals surface area (Å²) in [4.78, 5) is 0. The third-order valence-electron chi connectivity index (χ3n) is 2.01. The molecule has 0 aromatic heterocycles. The summed E-state index contributed by atoms with van der Waals surface area (Å²) in [6.07, 6.45) is 0. The topological polar surface area (TPSA) is 83.4 Å². The number of hydrogen-bond donors (Lipinski definition) is 1. The van der Waals surface area contributed by atoms with Gasteiger partial charge < -0.3 is 5.32 Å². The Kier molecular flexibility index (Phi) is 3.81. The molecule has 1 aromatic carbocycles. The van der Waals surface area contributed by atoms with Gasteiger partial charge in [0.15, 0.2) is 5.57 Å². The van der Waals surface area contributed by atoms with Crippen molar-refractivity contribution in [1.29, 1.82) is 15.8 Å². The van der Waals surface area contributed by atoms with Gasteiger partial charge in [0, 0.05) is 5.69 Å². The number of nitriles is 3. The molecule has 4 nitrogen and oxygen atoms in total. The second-order valence-electron chi connectivity index (χ2n) is 3.17. The van der Waals surface area contributed by atoms with Crippen LogP contribution in [-0.2, 0) is 0 Å². The summed E-state index contributed by atoms with van der Waals surface area (Å²) in [5.41, 5.74) is 0.390. The molecule has 82 valence electrons. The smallest absolute Gasteiger partial charge is 0.163 e. The lowest BCUT2D eigenvalue weighted by Crippen LogP contribution is -2.01. The highest BCUT2D eigenvalue weighted by molar-refractivity contribution is 5.58. The zero-order chi connectivity index (χ0) is 12.8. The molecule has 0 saturated carbocycles. The predicted octanol–water partition coefficient (Wildman–Crippen LogP) is 2.37. The fourth-order valence-electron chi connectivity index (χ4n) is 1.15. The van der Waals surface area contributed by atoms with Crippen molar-refractivity contribution in [2.75, 3.05) is 5.32 Å². The Hall–Kier alpha value is -2.84. The third-order valence-corrected chi connectivity index (χ3v) is 2.01. The number of nitrogens with zero attached hydrogens (tertiary/aromatic N) is 3. The summed E-state index contributed by atoms with van der Waals surface area (Å²) in [6, 6.07) is 9.08. The van der Waals surface area contributed by atoms with Gasteiger partial charge in [0.1, 0.15) is 29.7 Å². The zero-order valence-corrected chi connectivity index (χ0v) is 8.95. The van der Waals surface area contributed by atoms with Crippen molar-refractivity contribution in [3.8, 4) is 18.2 Å². The number of anilines is 1. The molecule has 1 rings (SSSR count). The van der Waals surface area contributed by atoms with Crippen LogP contribution in [0, 0.1) is 46.7 Å². The van der Waals surface area contributed by atoms with E-state index in [1.54, 1.807) is 25.1 Å². The summed E-state index contributed by atoms with van der Waals surface area (Å²) in [5, 5.41) is 28.6. The maximum Gasteiger partial charge on any atom is 0.163 e.